The van der Waals surface area contributed by atoms with Gasteiger partial charge >= 0.3 is 11.4 Å². The van der Waals surface area contributed by atoms with Gasteiger partial charge in [0.25, 0.3) is 0 Å². The molecule has 0 aliphatic carbocycles. The molecule has 1 aromatic rings. The van der Waals surface area contributed by atoms with Gasteiger partial charge < -0.3 is 0 Å². The summed E-state index contributed by atoms with van der Waals surface area (Å²) in [6, 6.07) is 2.53. The van der Waals surface area contributed by atoms with Gasteiger partial charge in [-0.05, 0) is 18.9 Å². The predicted molar refractivity (Wildman–Crippen MR) is 53.6 cm³/mol. The lowest BCUT2D eigenvalue weighted by molar-refractivity contribution is -0.423. The zero-order chi connectivity index (χ0) is 11.6. The summed E-state index contributed by atoms with van der Waals surface area (Å²) in [6.07, 6.45) is 0.344. The number of benzene rings is 1. The van der Waals surface area contributed by atoms with Crippen LogP contribution in [0.2, 0.25) is 0 Å². The van der Waals surface area contributed by atoms with Crippen molar-refractivity contribution in [3.8, 4) is 0 Å². The molecule has 0 atom stereocenters. The van der Waals surface area contributed by atoms with Crippen LogP contribution < -0.4 is 0 Å². The number of rotatable bonds is 3. The lowest BCUT2D eigenvalue weighted by Gasteiger charge is -2.03. The molecule has 6 heteroatoms. The first-order valence-corrected chi connectivity index (χ1v) is 4.25. The van der Waals surface area contributed by atoms with E-state index in [1.807, 2.05) is 0 Å². The maximum Gasteiger partial charge on any atom is 0.349 e. The quantitative estimate of drug-likeness (QED) is 0.564. The molecule has 15 heavy (non-hydrogen) atoms. The van der Waals surface area contributed by atoms with Crippen molar-refractivity contribution in [1.29, 1.82) is 0 Å². The smallest absolute Gasteiger partial charge is 0.258 e. The molecule has 0 fully saturated rings. The molecule has 0 aromatic heterocycles. The van der Waals surface area contributed by atoms with Crippen LogP contribution in [0.25, 0.3) is 0 Å². The highest BCUT2D eigenvalue weighted by Crippen LogP contribution is 2.32. The molecule has 1 aromatic carbocycles. The van der Waals surface area contributed by atoms with Crippen LogP contribution in [0.15, 0.2) is 12.1 Å². The largest absolute Gasteiger partial charge is 0.349 e. The molecule has 0 amide bonds. The van der Waals surface area contributed by atoms with E-state index in [1.165, 1.54) is 6.07 Å². The van der Waals surface area contributed by atoms with Crippen LogP contribution in [-0.2, 0) is 6.42 Å². The SMILES string of the molecule is [CH2]c1ccc([N+](=O)[O-])c([N+](=O)[O-])c1CC. The van der Waals surface area contributed by atoms with Crippen molar-refractivity contribution in [3.05, 3.63) is 50.4 Å². The molecule has 0 aliphatic rings. The molecule has 1 rings (SSSR count). The van der Waals surface area contributed by atoms with Crippen LogP contribution in [-0.4, -0.2) is 9.85 Å². The zero-order valence-corrected chi connectivity index (χ0v) is 8.10. The Kier molecular flexibility index (Phi) is 2.99. The lowest BCUT2D eigenvalue weighted by atomic mass is 10.0. The van der Waals surface area contributed by atoms with Gasteiger partial charge in [0.15, 0.2) is 0 Å². The molecule has 0 unspecified atom stereocenters. The van der Waals surface area contributed by atoms with Crippen molar-refractivity contribution < 1.29 is 9.85 Å². The number of nitrogens with zero attached hydrogens (tertiary/aromatic N) is 2. The van der Waals surface area contributed by atoms with Gasteiger partial charge in [0.1, 0.15) is 0 Å². The Bertz CT molecular complexity index is 428. The monoisotopic (exact) mass is 209 g/mol. The first-order valence-electron chi connectivity index (χ1n) is 4.25. The molecule has 0 bridgehead atoms. The Balaban J connectivity index is 3.56. The Morgan fingerprint density at radius 2 is 1.87 bits per heavy atom. The van der Waals surface area contributed by atoms with Crippen LogP contribution in [0.1, 0.15) is 18.1 Å². The van der Waals surface area contributed by atoms with Crippen molar-refractivity contribution in [1.82, 2.24) is 0 Å². The molecule has 79 valence electrons. The van der Waals surface area contributed by atoms with E-state index < -0.39 is 21.2 Å². The minimum absolute atomic E-state index is 0.314. The average molecular weight is 209 g/mol. The summed E-state index contributed by atoms with van der Waals surface area (Å²) in [5, 5.41) is 21.3. The fourth-order valence-electron chi connectivity index (χ4n) is 1.41. The second-order valence-corrected chi connectivity index (χ2v) is 2.94. The number of nitro benzene ring substituents is 2. The van der Waals surface area contributed by atoms with Gasteiger partial charge in [-0.3, -0.25) is 20.2 Å². The first kappa shape index (κ1) is 11.1. The fourth-order valence-corrected chi connectivity index (χ4v) is 1.41. The van der Waals surface area contributed by atoms with Crippen LogP contribution >= 0.6 is 0 Å². The Morgan fingerprint density at radius 3 is 2.27 bits per heavy atom. The summed E-state index contributed by atoms with van der Waals surface area (Å²) in [4.78, 5) is 19.8. The van der Waals surface area contributed by atoms with E-state index in [-0.39, 0.29) is 0 Å². The number of nitro groups is 2. The second-order valence-electron chi connectivity index (χ2n) is 2.94. The molecular weight excluding hydrogens is 200 g/mol. The third kappa shape index (κ3) is 1.93. The predicted octanol–water partition coefficient (Wildman–Crippen LogP) is 2.25. The number of hydrogen-bond acceptors (Lipinski definition) is 4. The molecule has 0 spiro atoms. The maximum atomic E-state index is 10.7. The third-order valence-corrected chi connectivity index (χ3v) is 2.09. The van der Waals surface area contributed by atoms with Crippen molar-refractivity contribution in [3.63, 3.8) is 0 Å². The van der Waals surface area contributed by atoms with E-state index in [0.29, 0.717) is 17.5 Å². The highest BCUT2D eigenvalue weighted by Gasteiger charge is 2.28. The zero-order valence-electron chi connectivity index (χ0n) is 8.10. The van der Waals surface area contributed by atoms with Crippen LogP contribution in [0.4, 0.5) is 11.4 Å². The lowest BCUT2D eigenvalue weighted by Crippen LogP contribution is -2.02. The molecule has 0 aliphatic heterocycles. The van der Waals surface area contributed by atoms with Gasteiger partial charge in [0.05, 0.1) is 9.85 Å². The van der Waals surface area contributed by atoms with Crippen molar-refractivity contribution >= 4 is 11.4 Å². The van der Waals surface area contributed by atoms with Crippen molar-refractivity contribution in [2.45, 2.75) is 13.3 Å². The van der Waals surface area contributed by atoms with Crippen molar-refractivity contribution in [2.75, 3.05) is 0 Å². The second kappa shape index (κ2) is 4.04. The summed E-state index contributed by atoms with van der Waals surface area (Å²) in [6.45, 7) is 5.30. The molecule has 0 saturated carbocycles. The normalized spacial score (nSPS) is 10.0. The molecule has 6 nitrogen and oxygen atoms in total. The Morgan fingerprint density at radius 1 is 1.27 bits per heavy atom. The van der Waals surface area contributed by atoms with Crippen LogP contribution in [0.5, 0.6) is 0 Å². The first-order chi connectivity index (χ1) is 6.99. The average Bonchev–Trinajstić information content (AvgIpc) is 2.16. The topological polar surface area (TPSA) is 86.3 Å². The van der Waals surface area contributed by atoms with Crippen LogP contribution in [0.3, 0.4) is 0 Å². The van der Waals surface area contributed by atoms with Gasteiger partial charge in [-0.2, -0.15) is 0 Å². The minimum Gasteiger partial charge on any atom is -0.258 e. The van der Waals surface area contributed by atoms with Crippen molar-refractivity contribution in [2.24, 2.45) is 0 Å². The summed E-state index contributed by atoms with van der Waals surface area (Å²) in [5.74, 6) is 0. The van der Waals surface area contributed by atoms with E-state index in [4.69, 9.17) is 0 Å². The van der Waals surface area contributed by atoms with E-state index in [9.17, 15) is 20.2 Å². The van der Waals surface area contributed by atoms with Gasteiger partial charge in [-0.25, -0.2) is 0 Å². The Hall–Kier alpha value is -1.98. The van der Waals surface area contributed by atoms with Gasteiger partial charge in [0, 0.05) is 11.6 Å². The van der Waals surface area contributed by atoms with E-state index in [1.54, 1.807) is 6.92 Å². The number of hydrogen-bond donors (Lipinski definition) is 0. The summed E-state index contributed by atoms with van der Waals surface area (Å²) < 4.78 is 0. The fraction of sp³-hybridized carbons (Fsp3) is 0.222. The Labute approximate surface area is 85.8 Å². The summed E-state index contributed by atoms with van der Waals surface area (Å²) in [7, 11) is 0. The molecule has 0 saturated heterocycles. The summed E-state index contributed by atoms with van der Waals surface area (Å²) >= 11 is 0. The van der Waals surface area contributed by atoms with Gasteiger partial charge in [-0.1, -0.05) is 13.0 Å². The highest BCUT2D eigenvalue weighted by atomic mass is 16.6. The maximum absolute atomic E-state index is 10.7. The molecular formula is C9H9N2O4. The summed E-state index contributed by atoms with van der Waals surface area (Å²) in [5.41, 5.74) is -0.164. The van der Waals surface area contributed by atoms with Crippen LogP contribution in [0, 0.1) is 27.2 Å². The standard InChI is InChI=1S/C9H9N2O4/c1-3-7-6(2)4-5-8(10(12)13)9(7)11(14)15/h4-5H,2-3H2,1H3. The minimum atomic E-state index is -0.753. The van der Waals surface area contributed by atoms with Gasteiger partial charge in [0.2, 0.25) is 0 Å². The molecule has 1 radical (unpaired) electrons. The van der Waals surface area contributed by atoms with Gasteiger partial charge in [-0.15, -0.1) is 0 Å². The third-order valence-electron chi connectivity index (χ3n) is 2.09. The van der Waals surface area contributed by atoms with E-state index in [2.05, 4.69) is 6.92 Å². The van der Waals surface area contributed by atoms with E-state index >= 15 is 0 Å². The molecule has 0 N–H and O–H groups in total. The molecule has 0 heterocycles. The highest BCUT2D eigenvalue weighted by molar-refractivity contribution is 5.61. The van der Waals surface area contributed by atoms with E-state index in [0.717, 1.165) is 6.07 Å².